The summed E-state index contributed by atoms with van der Waals surface area (Å²) in [6, 6.07) is 10.6. The van der Waals surface area contributed by atoms with Crippen molar-refractivity contribution in [3.05, 3.63) is 75.7 Å². The molecule has 0 aliphatic carbocycles. The smallest absolute Gasteiger partial charge is 0.231 e. The van der Waals surface area contributed by atoms with E-state index in [2.05, 4.69) is 11.1 Å². The lowest BCUT2D eigenvalue weighted by atomic mass is 9.75. The van der Waals surface area contributed by atoms with Crippen LogP contribution in [0.25, 0.3) is 0 Å². The van der Waals surface area contributed by atoms with Crippen molar-refractivity contribution in [2.24, 2.45) is 15.4 Å². The zero-order chi connectivity index (χ0) is 25.9. The molecule has 7 heteroatoms. The molecular weight excluding hydrogens is 477 g/mol. The van der Waals surface area contributed by atoms with Gasteiger partial charge in [0, 0.05) is 37.0 Å². The summed E-state index contributed by atoms with van der Waals surface area (Å²) < 4.78 is 19.7. The lowest BCUT2D eigenvalue weighted by Gasteiger charge is -2.42. The predicted molar refractivity (Wildman–Crippen MR) is 144 cm³/mol. The minimum atomic E-state index is -0.546. The van der Waals surface area contributed by atoms with Crippen molar-refractivity contribution in [1.29, 1.82) is 0 Å². The zero-order valence-electron chi connectivity index (χ0n) is 21.4. The van der Waals surface area contributed by atoms with Gasteiger partial charge >= 0.3 is 0 Å². The second-order valence-electron chi connectivity index (χ2n) is 9.64. The number of likely N-dealkylation sites (tertiary alicyclic amines) is 1. The molecule has 2 aliphatic heterocycles. The minimum Gasteiger partial charge on any atom is -0.496 e. The van der Waals surface area contributed by atoms with Crippen LogP contribution in [0.2, 0.25) is 5.02 Å². The van der Waals surface area contributed by atoms with Crippen LogP contribution >= 0.6 is 11.6 Å². The molecule has 36 heavy (non-hydrogen) atoms. The Bertz CT molecular complexity index is 1240. The predicted octanol–water partition coefficient (Wildman–Crippen LogP) is 6.59. The number of carbonyl (C=O) groups excluding carboxylic acids is 1. The summed E-state index contributed by atoms with van der Waals surface area (Å²) in [5.74, 6) is 0.414. The number of methoxy groups -OCH3 is 1. The molecule has 1 spiro atoms. The number of hydrogen-bond donors (Lipinski definition) is 0. The van der Waals surface area contributed by atoms with E-state index in [1.807, 2.05) is 50.1 Å². The third-order valence-corrected chi connectivity index (χ3v) is 7.69. The van der Waals surface area contributed by atoms with Crippen molar-refractivity contribution in [1.82, 2.24) is 4.90 Å². The highest BCUT2D eigenvalue weighted by atomic mass is 35.5. The molecule has 2 heterocycles. The van der Waals surface area contributed by atoms with E-state index in [1.54, 1.807) is 19.2 Å². The molecule has 2 atom stereocenters. The van der Waals surface area contributed by atoms with Gasteiger partial charge in [-0.3, -0.25) is 14.8 Å². The average Bonchev–Trinajstić information content (AvgIpc) is 3.31. The van der Waals surface area contributed by atoms with Crippen LogP contribution in [0, 0.1) is 11.2 Å². The summed E-state index contributed by atoms with van der Waals surface area (Å²) in [6.45, 7) is 7.00. The lowest BCUT2D eigenvalue weighted by Crippen LogP contribution is -2.50. The Labute approximate surface area is 217 Å². The van der Waals surface area contributed by atoms with Crippen molar-refractivity contribution in [2.75, 3.05) is 20.2 Å². The molecule has 2 aromatic carbocycles. The van der Waals surface area contributed by atoms with Gasteiger partial charge in [-0.1, -0.05) is 35.9 Å². The molecule has 2 aliphatic rings. The van der Waals surface area contributed by atoms with Crippen LogP contribution in [0.1, 0.15) is 62.8 Å². The number of piperidine rings is 1. The van der Waals surface area contributed by atoms with Gasteiger partial charge in [0.05, 0.1) is 30.1 Å². The minimum absolute atomic E-state index is 0.0860. The molecule has 0 saturated carbocycles. The number of rotatable bonds is 7. The number of halogens is 2. The first-order valence-electron chi connectivity index (χ1n) is 12.4. The fraction of sp³-hybridized carbons (Fsp3) is 0.414. The fourth-order valence-corrected chi connectivity index (χ4v) is 5.18. The second-order valence-corrected chi connectivity index (χ2v) is 10.1. The van der Waals surface area contributed by atoms with E-state index in [0.717, 1.165) is 46.7 Å². The number of hydrogen-bond acceptors (Lipinski definition) is 4. The van der Waals surface area contributed by atoms with Crippen LogP contribution in [-0.4, -0.2) is 42.9 Å². The summed E-state index contributed by atoms with van der Waals surface area (Å²) in [4.78, 5) is 24.9. The van der Waals surface area contributed by atoms with Crippen molar-refractivity contribution < 1.29 is 13.9 Å². The normalized spacial score (nSPS) is 21.4. The molecule has 190 valence electrons. The van der Waals surface area contributed by atoms with Crippen LogP contribution < -0.4 is 4.74 Å². The zero-order valence-corrected chi connectivity index (χ0v) is 22.1. The molecule has 0 bridgehead atoms. The average molecular weight is 510 g/mol. The molecule has 1 amide bonds. The number of aliphatic imine (C=N–C) groups is 2. The largest absolute Gasteiger partial charge is 0.496 e. The Morgan fingerprint density at radius 3 is 2.86 bits per heavy atom. The van der Waals surface area contributed by atoms with E-state index < -0.39 is 11.2 Å². The second kappa shape index (κ2) is 11.0. The maximum absolute atomic E-state index is 14.1. The fourth-order valence-electron chi connectivity index (χ4n) is 5.06. The van der Waals surface area contributed by atoms with Crippen molar-refractivity contribution >= 4 is 29.4 Å². The molecule has 0 aromatic heterocycles. The van der Waals surface area contributed by atoms with Crippen molar-refractivity contribution in [3.8, 4) is 5.75 Å². The first-order chi connectivity index (χ1) is 17.3. The number of carbonyl (C=O) groups is 1. The van der Waals surface area contributed by atoms with E-state index in [4.69, 9.17) is 21.3 Å². The van der Waals surface area contributed by atoms with Crippen molar-refractivity contribution in [3.63, 3.8) is 0 Å². The Balaban J connectivity index is 1.50. The Kier molecular flexibility index (Phi) is 7.94. The van der Waals surface area contributed by atoms with Crippen LogP contribution in [-0.2, 0) is 11.2 Å². The van der Waals surface area contributed by atoms with E-state index in [0.29, 0.717) is 25.9 Å². The maximum atomic E-state index is 14.1. The summed E-state index contributed by atoms with van der Waals surface area (Å²) in [7, 11) is 1.67. The first-order valence-corrected chi connectivity index (χ1v) is 12.8. The summed E-state index contributed by atoms with van der Waals surface area (Å²) in [5, 5.41) is 0.0860. The molecule has 1 fully saturated rings. The first kappa shape index (κ1) is 26.1. The van der Waals surface area contributed by atoms with Gasteiger partial charge in [-0.25, -0.2) is 4.39 Å². The SMILES string of the molecule is C/C=C(C)\N=C/Cc1ccc(C2=NCC3(CCCN(C(C)c4ccc(Cl)c(F)c4)C3=O)C2)cc1OC. The molecule has 2 unspecified atom stereocenters. The number of allylic oxidation sites excluding steroid dienone is 2. The van der Waals surface area contributed by atoms with Crippen molar-refractivity contribution in [2.45, 2.75) is 52.5 Å². The molecule has 4 rings (SSSR count). The quantitative estimate of drug-likeness (QED) is 0.395. The number of benzene rings is 2. The van der Waals surface area contributed by atoms with Gasteiger partial charge < -0.3 is 9.64 Å². The van der Waals surface area contributed by atoms with Gasteiger partial charge in [0.2, 0.25) is 5.91 Å². The highest BCUT2D eigenvalue weighted by molar-refractivity contribution is 6.30. The van der Waals surface area contributed by atoms with Crippen LogP contribution in [0.4, 0.5) is 4.39 Å². The topological polar surface area (TPSA) is 54.3 Å². The Morgan fingerprint density at radius 2 is 2.14 bits per heavy atom. The summed E-state index contributed by atoms with van der Waals surface area (Å²) in [5.41, 5.74) is 4.12. The standard InChI is InChI=1S/C29H33ClFN3O2/c1-5-19(2)32-13-11-21-7-8-23(16-27(21)36-4)26-17-29(18-33-26)12-6-14-34(28(29)35)20(3)22-9-10-24(30)25(31)15-22/h5,7-10,13,15-16,20H,6,11-12,14,17-18H2,1-4H3/b19-5-,32-13-. The van der Waals surface area contributed by atoms with Crippen LogP contribution in [0.5, 0.6) is 5.75 Å². The molecule has 0 N–H and O–H groups in total. The number of nitrogens with zero attached hydrogens (tertiary/aromatic N) is 3. The van der Waals surface area contributed by atoms with E-state index >= 15 is 0 Å². The van der Waals surface area contributed by atoms with Gasteiger partial charge in [0.15, 0.2) is 0 Å². The third kappa shape index (κ3) is 5.24. The molecular formula is C29H33ClFN3O2. The summed E-state index contributed by atoms with van der Waals surface area (Å²) in [6.07, 6.45) is 6.80. The number of ether oxygens (including phenoxy) is 1. The highest BCUT2D eigenvalue weighted by Crippen LogP contribution is 2.43. The van der Waals surface area contributed by atoms with Gasteiger partial charge in [0.25, 0.3) is 0 Å². The van der Waals surface area contributed by atoms with Crippen LogP contribution in [0.3, 0.4) is 0 Å². The Morgan fingerprint density at radius 1 is 1.33 bits per heavy atom. The van der Waals surface area contributed by atoms with E-state index in [9.17, 15) is 9.18 Å². The van der Waals surface area contributed by atoms with E-state index in [1.165, 1.54) is 6.07 Å². The number of amides is 1. The third-order valence-electron chi connectivity index (χ3n) is 7.39. The molecule has 2 aromatic rings. The van der Waals surface area contributed by atoms with Gasteiger partial charge in [-0.15, -0.1) is 0 Å². The molecule has 0 radical (unpaired) electrons. The molecule has 5 nitrogen and oxygen atoms in total. The molecule has 1 saturated heterocycles. The highest BCUT2D eigenvalue weighted by Gasteiger charge is 2.48. The van der Waals surface area contributed by atoms with Gasteiger partial charge in [-0.05, 0) is 68.5 Å². The van der Waals surface area contributed by atoms with E-state index in [-0.39, 0.29) is 17.0 Å². The monoisotopic (exact) mass is 509 g/mol. The van der Waals surface area contributed by atoms with Crippen LogP contribution in [0.15, 0.2) is 58.2 Å². The maximum Gasteiger partial charge on any atom is 0.231 e. The Hall–Kier alpha value is -2.99. The van der Waals surface area contributed by atoms with Gasteiger partial charge in [-0.2, -0.15) is 0 Å². The summed E-state index contributed by atoms with van der Waals surface area (Å²) >= 11 is 5.86. The van der Waals surface area contributed by atoms with Gasteiger partial charge in [0.1, 0.15) is 11.6 Å². The lowest BCUT2D eigenvalue weighted by molar-refractivity contribution is -0.147.